The fourth-order valence-corrected chi connectivity index (χ4v) is 2.92. The van der Waals surface area contributed by atoms with Gasteiger partial charge in [-0.25, -0.2) is 18.4 Å². The molecule has 1 amide bonds. The molecule has 0 fully saturated rings. The Balaban J connectivity index is 1.67. The summed E-state index contributed by atoms with van der Waals surface area (Å²) in [6.45, 7) is 0. The number of carbonyl (C=O) groups is 3. The van der Waals surface area contributed by atoms with Crippen LogP contribution in [0, 0.1) is 11.6 Å². The largest absolute Gasteiger partial charge is 0.467 e. The molecular formula is C24H19F2NO5. The second kappa shape index (κ2) is 10.3. The first-order valence-electron chi connectivity index (χ1n) is 9.56. The monoisotopic (exact) mass is 439 g/mol. The number of halogens is 2. The summed E-state index contributed by atoms with van der Waals surface area (Å²) in [6, 6.07) is 15.4. The van der Waals surface area contributed by atoms with Crippen molar-refractivity contribution >= 4 is 17.8 Å². The fourth-order valence-electron chi connectivity index (χ4n) is 2.92. The van der Waals surface area contributed by atoms with Crippen molar-refractivity contribution < 1.29 is 32.6 Å². The zero-order chi connectivity index (χ0) is 23.1. The summed E-state index contributed by atoms with van der Waals surface area (Å²) in [5.41, 5.74) is 0.781. The van der Waals surface area contributed by atoms with Crippen LogP contribution in [0.25, 0.3) is 0 Å². The molecule has 8 heteroatoms. The standard InChI is InChI=1S/C24H19F2NO5/c1-31-24(30)21(27-22(28)16-4-2-6-18(25)13-16)12-15-8-10-20(11-9-15)32-23(29)17-5-3-7-19(26)14-17/h2-11,13-14,21H,12H2,1H3,(H,27,28). The minimum atomic E-state index is -1.02. The van der Waals surface area contributed by atoms with E-state index in [1.165, 1.54) is 55.6 Å². The van der Waals surface area contributed by atoms with E-state index in [1.54, 1.807) is 12.1 Å². The van der Waals surface area contributed by atoms with Gasteiger partial charge >= 0.3 is 11.9 Å². The summed E-state index contributed by atoms with van der Waals surface area (Å²) in [6.07, 6.45) is 0.0891. The number of rotatable bonds is 7. The Bertz CT molecular complexity index is 1130. The lowest BCUT2D eigenvalue weighted by atomic mass is 10.0. The van der Waals surface area contributed by atoms with Gasteiger partial charge in [-0.1, -0.05) is 24.3 Å². The molecule has 0 saturated carbocycles. The molecule has 0 aliphatic carbocycles. The van der Waals surface area contributed by atoms with Gasteiger partial charge in [0.25, 0.3) is 5.91 Å². The molecule has 0 aromatic heterocycles. The molecule has 32 heavy (non-hydrogen) atoms. The first-order valence-corrected chi connectivity index (χ1v) is 9.56. The number of nitrogens with one attached hydrogen (secondary N) is 1. The van der Waals surface area contributed by atoms with Gasteiger partial charge in [-0.05, 0) is 54.1 Å². The van der Waals surface area contributed by atoms with Gasteiger partial charge in [-0.15, -0.1) is 0 Å². The number of hydrogen-bond donors (Lipinski definition) is 1. The first-order chi connectivity index (χ1) is 15.4. The summed E-state index contributed by atoms with van der Waals surface area (Å²) < 4.78 is 36.6. The van der Waals surface area contributed by atoms with Gasteiger partial charge in [0, 0.05) is 12.0 Å². The normalized spacial score (nSPS) is 11.3. The van der Waals surface area contributed by atoms with E-state index in [4.69, 9.17) is 9.47 Å². The zero-order valence-corrected chi connectivity index (χ0v) is 17.0. The molecule has 0 radical (unpaired) electrons. The zero-order valence-electron chi connectivity index (χ0n) is 17.0. The fraction of sp³-hybridized carbons (Fsp3) is 0.125. The van der Waals surface area contributed by atoms with Crippen LogP contribution in [0.5, 0.6) is 5.75 Å². The van der Waals surface area contributed by atoms with Crippen LogP contribution in [0.1, 0.15) is 26.3 Å². The lowest BCUT2D eigenvalue weighted by molar-refractivity contribution is -0.142. The Morgan fingerprint density at radius 3 is 2.06 bits per heavy atom. The average Bonchev–Trinajstić information content (AvgIpc) is 2.79. The number of amides is 1. The van der Waals surface area contributed by atoms with Crippen LogP contribution in [0.4, 0.5) is 8.78 Å². The smallest absolute Gasteiger partial charge is 0.343 e. The maximum Gasteiger partial charge on any atom is 0.343 e. The molecule has 3 aromatic carbocycles. The van der Waals surface area contributed by atoms with Gasteiger partial charge in [0.05, 0.1) is 12.7 Å². The molecule has 3 rings (SSSR count). The molecule has 0 saturated heterocycles. The highest BCUT2D eigenvalue weighted by Gasteiger charge is 2.23. The number of ether oxygens (including phenoxy) is 2. The number of hydrogen-bond acceptors (Lipinski definition) is 5. The predicted octanol–water partition coefficient (Wildman–Crippen LogP) is 3.70. The summed E-state index contributed by atoms with van der Waals surface area (Å²) in [4.78, 5) is 36.6. The van der Waals surface area contributed by atoms with Crippen LogP contribution in [-0.2, 0) is 16.0 Å². The SMILES string of the molecule is COC(=O)C(Cc1ccc(OC(=O)c2cccc(F)c2)cc1)NC(=O)c1cccc(F)c1. The van der Waals surface area contributed by atoms with Gasteiger partial charge in [-0.2, -0.15) is 0 Å². The molecule has 1 N–H and O–H groups in total. The molecule has 0 spiro atoms. The van der Waals surface area contributed by atoms with E-state index in [9.17, 15) is 23.2 Å². The van der Waals surface area contributed by atoms with Gasteiger partial charge in [0.15, 0.2) is 0 Å². The van der Waals surface area contributed by atoms with Crippen molar-refractivity contribution in [1.29, 1.82) is 0 Å². The van der Waals surface area contributed by atoms with Crippen molar-refractivity contribution in [3.05, 3.63) is 101 Å². The number of esters is 2. The molecule has 3 aromatic rings. The van der Waals surface area contributed by atoms with Gasteiger partial charge in [0.1, 0.15) is 23.4 Å². The van der Waals surface area contributed by atoms with Crippen LogP contribution >= 0.6 is 0 Å². The highest BCUT2D eigenvalue weighted by Crippen LogP contribution is 2.16. The molecule has 0 aliphatic heterocycles. The van der Waals surface area contributed by atoms with E-state index in [1.807, 2.05) is 0 Å². The summed E-state index contributed by atoms with van der Waals surface area (Å²) >= 11 is 0. The van der Waals surface area contributed by atoms with Crippen LogP contribution in [0.2, 0.25) is 0 Å². The van der Waals surface area contributed by atoms with Gasteiger partial charge < -0.3 is 14.8 Å². The van der Waals surface area contributed by atoms with E-state index in [-0.39, 0.29) is 23.3 Å². The molecule has 1 atom stereocenters. The Morgan fingerprint density at radius 2 is 1.47 bits per heavy atom. The second-order valence-corrected chi connectivity index (χ2v) is 6.81. The minimum Gasteiger partial charge on any atom is -0.467 e. The summed E-state index contributed by atoms with van der Waals surface area (Å²) in [7, 11) is 1.19. The second-order valence-electron chi connectivity index (χ2n) is 6.81. The van der Waals surface area contributed by atoms with Crippen LogP contribution < -0.4 is 10.1 Å². The lowest BCUT2D eigenvalue weighted by Crippen LogP contribution is -2.43. The first kappa shape index (κ1) is 22.6. The Hall–Kier alpha value is -4.07. The number of carbonyl (C=O) groups excluding carboxylic acids is 3. The van der Waals surface area contributed by atoms with Crippen molar-refractivity contribution in [1.82, 2.24) is 5.32 Å². The minimum absolute atomic E-state index is 0.0681. The van der Waals surface area contributed by atoms with Gasteiger partial charge in [-0.3, -0.25) is 4.79 Å². The predicted molar refractivity (Wildman–Crippen MR) is 111 cm³/mol. The van der Waals surface area contributed by atoms with Crippen molar-refractivity contribution in [3.63, 3.8) is 0 Å². The number of benzene rings is 3. The van der Waals surface area contributed by atoms with E-state index >= 15 is 0 Å². The average molecular weight is 439 g/mol. The molecule has 0 heterocycles. The maximum absolute atomic E-state index is 13.4. The van der Waals surface area contributed by atoms with Crippen molar-refractivity contribution in [2.75, 3.05) is 7.11 Å². The number of methoxy groups -OCH3 is 1. The molecule has 0 aliphatic rings. The third-order valence-corrected chi connectivity index (χ3v) is 4.51. The molecule has 164 valence electrons. The topological polar surface area (TPSA) is 81.7 Å². The Kier molecular flexibility index (Phi) is 7.28. The molecular weight excluding hydrogens is 420 g/mol. The third-order valence-electron chi connectivity index (χ3n) is 4.51. The molecule has 0 bridgehead atoms. The quantitative estimate of drug-likeness (QED) is 0.449. The van der Waals surface area contributed by atoms with E-state index < -0.39 is 35.5 Å². The van der Waals surface area contributed by atoms with Crippen molar-refractivity contribution in [3.8, 4) is 5.75 Å². The van der Waals surface area contributed by atoms with E-state index in [0.29, 0.717) is 5.56 Å². The van der Waals surface area contributed by atoms with Crippen LogP contribution in [0.15, 0.2) is 72.8 Å². The van der Waals surface area contributed by atoms with Crippen molar-refractivity contribution in [2.24, 2.45) is 0 Å². The Labute approximate surface area is 182 Å². The van der Waals surface area contributed by atoms with E-state index in [2.05, 4.69) is 5.32 Å². The summed E-state index contributed by atoms with van der Waals surface area (Å²) in [5, 5.41) is 2.53. The van der Waals surface area contributed by atoms with Crippen molar-refractivity contribution in [2.45, 2.75) is 12.5 Å². The molecule has 1 unspecified atom stereocenters. The van der Waals surface area contributed by atoms with Crippen LogP contribution in [-0.4, -0.2) is 31.0 Å². The summed E-state index contributed by atoms with van der Waals surface area (Å²) in [5.74, 6) is -2.91. The third kappa shape index (κ3) is 5.98. The maximum atomic E-state index is 13.4. The van der Waals surface area contributed by atoms with Gasteiger partial charge in [0.2, 0.25) is 0 Å². The van der Waals surface area contributed by atoms with Crippen LogP contribution in [0.3, 0.4) is 0 Å². The highest BCUT2D eigenvalue weighted by molar-refractivity contribution is 5.96. The lowest BCUT2D eigenvalue weighted by Gasteiger charge is -2.17. The Morgan fingerprint density at radius 1 is 0.875 bits per heavy atom. The molecule has 6 nitrogen and oxygen atoms in total. The van der Waals surface area contributed by atoms with E-state index in [0.717, 1.165) is 12.1 Å². The highest BCUT2D eigenvalue weighted by atomic mass is 19.1.